The molecule has 0 spiro atoms. The number of aliphatic carboxylic acids is 1. The number of nitrogens with two attached hydrogens (primary N) is 2. The molecule has 5 nitrogen and oxygen atoms in total. The Bertz CT molecular complexity index is 361. The molecule has 0 aliphatic rings. The zero-order valence-corrected chi connectivity index (χ0v) is 9.92. The highest BCUT2D eigenvalue weighted by Crippen LogP contribution is 2.20. The van der Waals surface area contributed by atoms with Crippen LogP contribution in [0.3, 0.4) is 0 Å². The average Bonchev–Trinajstić information content (AvgIpc) is 2.11. The van der Waals surface area contributed by atoms with Crippen molar-refractivity contribution < 1.29 is 15.0 Å². The summed E-state index contributed by atoms with van der Waals surface area (Å²) in [5.41, 5.74) is 11.7. The van der Waals surface area contributed by atoms with E-state index in [2.05, 4.69) is 0 Å². The van der Waals surface area contributed by atoms with Crippen LogP contribution in [0.15, 0.2) is 18.2 Å². The van der Waals surface area contributed by atoms with E-state index >= 15 is 0 Å². The van der Waals surface area contributed by atoms with Crippen molar-refractivity contribution in [3.05, 3.63) is 23.8 Å². The van der Waals surface area contributed by atoms with Gasteiger partial charge in [0.2, 0.25) is 0 Å². The minimum Gasteiger partial charge on any atom is -0.506 e. The number of hydrogen-bond donors (Lipinski definition) is 4. The molecule has 92 valence electrons. The monoisotopic (exact) mass is 268 g/mol. The zero-order chi connectivity index (χ0) is 10.7. The second-order valence-corrected chi connectivity index (χ2v) is 3.04. The third-order valence-corrected chi connectivity index (χ3v) is 1.86. The number of carbonyl (C=O) groups is 1. The third-order valence-electron chi connectivity index (χ3n) is 1.86. The third kappa shape index (κ3) is 4.57. The molecule has 0 bridgehead atoms. The topological polar surface area (TPSA) is 110 Å². The smallest absolute Gasteiger partial charge is 0.320 e. The number of aromatic hydroxyl groups is 1. The number of anilines is 1. The summed E-state index contributed by atoms with van der Waals surface area (Å²) in [7, 11) is 0. The Morgan fingerprint density at radius 1 is 1.38 bits per heavy atom. The van der Waals surface area contributed by atoms with E-state index in [0.717, 1.165) is 0 Å². The maximum Gasteiger partial charge on any atom is 0.320 e. The van der Waals surface area contributed by atoms with Crippen molar-refractivity contribution >= 4 is 36.5 Å². The molecular weight excluding hydrogens is 255 g/mol. The molecule has 0 aromatic heterocycles. The first-order valence-corrected chi connectivity index (χ1v) is 4.06. The first-order valence-electron chi connectivity index (χ1n) is 4.06. The van der Waals surface area contributed by atoms with Crippen LogP contribution in [0.5, 0.6) is 5.75 Å². The number of halogens is 2. The van der Waals surface area contributed by atoms with Gasteiger partial charge in [-0.3, -0.25) is 4.79 Å². The molecule has 0 aliphatic heterocycles. The summed E-state index contributed by atoms with van der Waals surface area (Å²) in [6, 6.07) is 3.57. The fourth-order valence-corrected chi connectivity index (χ4v) is 1.07. The molecule has 1 rings (SSSR count). The minimum atomic E-state index is -1.06. The van der Waals surface area contributed by atoms with Crippen molar-refractivity contribution in [1.29, 1.82) is 0 Å². The quantitative estimate of drug-likeness (QED) is 0.478. The zero-order valence-electron chi connectivity index (χ0n) is 8.29. The molecule has 0 radical (unpaired) electrons. The molecule has 0 heterocycles. The lowest BCUT2D eigenvalue weighted by molar-refractivity contribution is -0.138. The van der Waals surface area contributed by atoms with Gasteiger partial charge in [-0.25, -0.2) is 0 Å². The summed E-state index contributed by atoms with van der Waals surface area (Å²) >= 11 is 0. The average molecular weight is 269 g/mol. The summed E-state index contributed by atoms with van der Waals surface area (Å²) in [6.45, 7) is 0. The Hall–Kier alpha value is -1.17. The Labute approximate surface area is 105 Å². The van der Waals surface area contributed by atoms with E-state index in [4.69, 9.17) is 21.7 Å². The Kier molecular flexibility index (Phi) is 7.71. The lowest BCUT2D eigenvalue weighted by atomic mass is 10.1. The minimum absolute atomic E-state index is 0. The molecule has 1 unspecified atom stereocenters. The van der Waals surface area contributed by atoms with Gasteiger partial charge in [0.15, 0.2) is 0 Å². The van der Waals surface area contributed by atoms with E-state index in [-0.39, 0.29) is 42.7 Å². The largest absolute Gasteiger partial charge is 0.506 e. The van der Waals surface area contributed by atoms with Crippen LogP contribution in [0.4, 0.5) is 5.69 Å². The van der Waals surface area contributed by atoms with Crippen molar-refractivity contribution in [2.45, 2.75) is 12.5 Å². The Morgan fingerprint density at radius 2 is 1.94 bits per heavy atom. The molecule has 0 amide bonds. The molecule has 1 aromatic carbocycles. The molecule has 7 heteroatoms. The number of rotatable bonds is 3. The van der Waals surface area contributed by atoms with Crippen LogP contribution < -0.4 is 11.5 Å². The highest BCUT2D eigenvalue weighted by molar-refractivity contribution is 5.85. The summed E-state index contributed by atoms with van der Waals surface area (Å²) < 4.78 is 0. The van der Waals surface area contributed by atoms with Crippen LogP contribution in [0, 0.1) is 0 Å². The van der Waals surface area contributed by atoms with Gasteiger partial charge in [-0.05, 0) is 24.1 Å². The van der Waals surface area contributed by atoms with E-state index in [1.54, 1.807) is 6.07 Å². The SMILES string of the molecule is Cl.Cl.Nc1cc(CC(N)C(=O)O)ccc1O. The van der Waals surface area contributed by atoms with Crippen LogP contribution in [-0.4, -0.2) is 22.2 Å². The van der Waals surface area contributed by atoms with Crippen LogP contribution in [0.2, 0.25) is 0 Å². The Morgan fingerprint density at radius 3 is 2.38 bits per heavy atom. The summed E-state index contributed by atoms with van der Waals surface area (Å²) in [6.07, 6.45) is 0.194. The molecule has 0 fully saturated rings. The maximum atomic E-state index is 10.4. The van der Waals surface area contributed by atoms with Gasteiger partial charge < -0.3 is 21.7 Å². The van der Waals surface area contributed by atoms with Crippen LogP contribution in [0.1, 0.15) is 5.56 Å². The van der Waals surface area contributed by atoms with E-state index in [0.29, 0.717) is 5.56 Å². The van der Waals surface area contributed by atoms with Crippen molar-refractivity contribution in [1.82, 2.24) is 0 Å². The van der Waals surface area contributed by atoms with Gasteiger partial charge >= 0.3 is 5.97 Å². The second kappa shape index (κ2) is 7.16. The van der Waals surface area contributed by atoms with E-state index < -0.39 is 12.0 Å². The number of hydrogen-bond acceptors (Lipinski definition) is 4. The van der Waals surface area contributed by atoms with E-state index in [1.807, 2.05) is 0 Å². The van der Waals surface area contributed by atoms with Crippen molar-refractivity contribution in [2.24, 2.45) is 5.73 Å². The molecule has 16 heavy (non-hydrogen) atoms. The first-order chi connectivity index (χ1) is 6.50. The maximum absolute atomic E-state index is 10.4. The Balaban J connectivity index is 0. The van der Waals surface area contributed by atoms with E-state index in [9.17, 15) is 4.79 Å². The van der Waals surface area contributed by atoms with Crippen molar-refractivity contribution in [3.63, 3.8) is 0 Å². The first kappa shape index (κ1) is 17.2. The number of nitrogen functional groups attached to an aromatic ring is 1. The van der Waals surface area contributed by atoms with Gasteiger partial charge in [0, 0.05) is 0 Å². The summed E-state index contributed by atoms with van der Waals surface area (Å²) in [5.74, 6) is -1.07. The van der Waals surface area contributed by atoms with Gasteiger partial charge in [0.05, 0.1) is 5.69 Å². The predicted molar refractivity (Wildman–Crippen MR) is 66.3 cm³/mol. The van der Waals surface area contributed by atoms with Crippen molar-refractivity contribution in [3.8, 4) is 5.75 Å². The van der Waals surface area contributed by atoms with Crippen LogP contribution >= 0.6 is 24.8 Å². The molecular formula is C9H14Cl2N2O3. The number of benzene rings is 1. The number of phenols is 1. The number of phenolic OH excluding ortho intramolecular Hbond substituents is 1. The highest BCUT2D eigenvalue weighted by Gasteiger charge is 2.12. The molecule has 0 aliphatic carbocycles. The number of carboxylic acid groups (broad SMARTS) is 1. The normalized spacial score (nSPS) is 10.8. The second-order valence-electron chi connectivity index (χ2n) is 3.04. The standard InChI is InChI=1S/C9H12N2O3.2ClH/c10-6-3-5(1-2-8(6)12)4-7(11)9(13)14;;/h1-3,7,12H,4,10-11H2,(H,13,14);2*1H. The van der Waals surface area contributed by atoms with Gasteiger partial charge in [-0.1, -0.05) is 6.07 Å². The van der Waals surface area contributed by atoms with Gasteiger partial charge in [0.1, 0.15) is 11.8 Å². The highest BCUT2D eigenvalue weighted by atomic mass is 35.5. The van der Waals surface area contributed by atoms with Crippen molar-refractivity contribution in [2.75, 3.05) is 5.73 Å². The fraction of sp³-hybridized carbons (Fsp3) is 0.222. The van der Waals surface area contributed by atoms with Crippen LogP contribution in [0.25, 0.3) is 0 Å². The van der Waals surface area contributed by atoms with Gasteiger partial charge in [-0.2, -0.15) is 0 Å². The molecule has 6 N–H and O–H groups in total. The molecule has 0 saturated heterocycles. The lowest BCUT2D eigenvalue weighted by Crippen LogP contribution is -2.32. The predicted octanol–water partition coefficient (Wildman–Crippen LogP) is 0.772. The number of carboxylic acids is 1. The van der Waals surface area contributed by atoms with Crippen LogP contribution in [-0.2, 0) is 11.2 Å². The molecule has 0 saturated carbocycles. The molecule has 1 atom stereocenters. The van der Waals surface area contributed by atoms with Gasteiger partial charge in [0.25, 0.3) is 0 Å². The van der Waals surface area contributed by atoms with Gasteiger partial charge in [-0.15, -0.1) is 24.8 Å². The summed E-state index contributed by atoms with van der Waals surface area (Å²) in [5, 5.41) is 17.7. The fourth-order valence-electron chi connectivity index (χ4n) is 1.07. The lowest BCUT2D eigenvalue weighted by Gasteiger charge is -2.07. The van der Waals surface area contributed by atoms with E-state index in [1.165, 1.54) is 12.1 Å². The molecule has 1 aromatic rings. The summed E-state index contributed by atoms with van der Waals surface area (Å²) in [4.78, 5) is 10.4.